The van der Waals surface area contributed by atoms with E-state index in [1.807, 2.05) is 0 Å². The van der Waals surface area contributed by atoms with Crippen LogP contribution in [0.2, 0.25) is 0 Å². The minimum Gasteiger partial charge on any atom is -0.507 e. The van der Waals surface area contributed by atoms with Crippen LogP contribution in [-0.4, -0.2) is 87.9 Å². The van der Waals surface area contributed by atoms with Crippen LogP contribution in [0.3, 0.4) is 0 Å². The first-order valence-corrected chi connectivity index (χ1v) is 14.9. The quantitative estimate of drug-likeness (QED) is 0.197. The fourth-order valence-electron chi connectivity index (χ4n) is 7.95. The van der Waals surface area contributed by atoms with E-state index in [1.165, 1.54) is 38.1 Å². The van der Waals surface area contributed by atoms with Crippen LogP contribution in [0.4, 0.5) is 5.69 Å². The van der Waals surface area contributed by atoms with Crippen molar-refractivity contribution in [3.05, 3.63) is 23.3 Å². The molecule has 0 saturated heterocycles. The number of nitrogens with zero attached hydrogens (tertiary/aromatic N) is 1. The van der Waals surface area contributed by atoms with Crippen LogP contribution >= 0.6 is 0 Å². The van der Waals surface area contributed by atoms with Crippen LogP contribution in [0.5, 0.6) is 5.75 Å². The van der Waals surface area contributed by atoms with Crippen molar-refractivity contribution in [2.75, 3.05) is 19.4 Å². The topological polar surface area (TPSA) is 210 Å². The summed E-state index contributed by atoms with van der Waals surface area (Å²) in [6, 6.07) is 1.18. The Morgan fingerprint density at radius 1 is 1.09 bits per heavy atom. The second-order valence-corrected chi connectivity index (χ2v) is 12.6. The van der Waals surface area contributed by atoms with E-state index in [0.717, 1.165) is 12.8 Å². The second-order valence-electron chi connectivity index (χ2n) is 12.6. The SMILES string of the molecule is CCC(=O)O[C@H]1[C@H]2C(C(=O)c3c(O)ccc(NC(=O)C4CCCC4)c3[C@@H]2C)C(=O)[C@]2(O)C(=O)C(C(N)=O)C(=O)[C@@H](N(C)C)[C@H]12. The molecule has 13 heteroatoms. The monoisotopic (exact) mass is 611 g/mol. The summed E-state index contributed by atoms with van der Waals surface area (Å²) in [6.07, 6.45) is 1.53. The molecular formula is C31H37N3O10. The molecule has 1 aromatic carbocycles. The van der Waals surface area contributed by atoms with Crippen LogP contribution in [0.25, 0.3) is 0 Å². The highest BCUT2D eigenvalue weighted by molar-refractivity contribution is 6.32. The smallest absolute Gasteiger partial charge is 0.305 e. The maximum atomic E-state index is 14.3. The zero-order valence-electron chi connectivity index (χ0n) is 25.0. The summed E-state index contributed by atoms with van der Waals surface area (Å²) in [4.78, 5) is 95.5. The van der Waals surface area contributed by atoms with Crippen LogP contribution in [-0.2, 0) is 33.5 Å². The number of anilines is 1. The fraction of sp³-hybridized carbons (Fsp3) is 0.581. The number of nitrogens with one attached hydrogen (secondary N) is 1. The molecule has 44 heavy (non-hydrogen) atoms. The Morgan fingerprint density at radius 2 is 1.73 bits per heavy atom. The lowest BCUT2D eigenvalue weighted by atomic mass is 9.49. The summed E-state index contributed by atoms with van der Waals surface area (Å²) >= 11 is 0. The van der Waals surface area contributed by atoms with Crippen molar-refractivity contribution in [3.8, 4) is 5.75 Å². The Hall–Kier alpha value is -3.97. The van der Waals surface area contributed by atoms with E-state index in [4.69, 9.17) is 10.5 Å². The number of phenolic OH excluding ortho intramolecular Hbond substituents is 1. The van der Waals surface area contributed by atoms with Gasteiger partial charge in [-0.1, -0.05) is 26.7 Å². The number of aromatic hydroxyl groups is 1. The summed E-state index contributed by atoms with van der Waals surface area (Å²) in [6.45, 7) is 3.13. The summed E-state index contributed by atoms with van der Waals surface area (Å²) < 4.78 is 5.83. The number of amides is 2. The number of carbonyl (C=O) groups excluding carboxylic acids is 7. The van der Waals surface area contributed by atoms with E-state index >= 15 is 0 Å². The lowest BCUT2D eigenvalue weighted by Gasteiger charge is -2.56. The van der Waals surface area contributed by atoms with E-state index < -0.39 is 88.1 Å². The van der Waals surface area contributed by atoms with Gasteiger partial charge in [0, 0.05) is 23.9 Å². The summed E-state index contributed by atoms with van der Waals surface area (Å²) in [5, 5.41) is 25.8. The lowest BCUT2D eigenvalue weighted by Crippen LogP contribution is -2.78. The summed E-state index contributed by atoms with van der Waals surface area (Å²) in [7, 11) is 2.87. The predicted molar refractivity (Wildman–Crippen MR) is 152 cm³/mol. The van der Waals surface area contributed by atoms with Crippen molar-refractivity contribution in [1.29, 1.82) is 0 Å². The molecule has 0 aromatic heterocycles. The lowest BCUT2D eigenvalue weighted by molar-refractivity contribution is -0.205. The minimum absolute atomic E-state index is 0.145. The summed E-state index contributed by atoms with van der Waals surface area (Å²) in [5.74, 6) is -15.5. The molecule has 8 atom stereocenters. The minimum atomic E-state index is -3.10. The Morgan fingerprint density at radius 3 is 2.30 bits per heavy atom. The molecule has 0 spiro atoms. The molecule has 5 rings (SSSR count). The van der Waals surface area contributed by atoms with E-state index in [1.54, 1.807) is 6.92 Å². The van der Waals surface area contributed by atoms with Gasteiger partial charge in [-0.15, -0.1) is 0 Å². The van der Waals surface area contributed by atoms with Crippen molar-refractivity contribution in [1.82, 2.24) is 4.90 Å². The number of ketones is 4. The number of Topliss-reactive ketones (excluding diaryl/α,β-unsaturated/α-hetero) is 4. The van der Waals surface area contributed by atoms with Gasteiger partial charge < -0.3 is 26.0 Å². The maximum absolute atomic E-state index is 14.3. The van der Waals surface area contributed by atoms with Gasteiger partial charge in [0.1, 0.15) is 11.9 Å². The Balaban J connectivity index is 1.72. The fourth-order valence-corrected chi connectivity index (χ4v) is 7.95. The van der Waals surface area contributed by atoms with E-state index in [2.05, 4.69) is 5.32 Å². The van der Waals surface area contributed by atoms with E-state index in [-0.39, 0.29) is 35.1 Å². The molecule has 3 fully saturated rings. The zero-order chi connectivity index (χ0) is 32.4. The maximum Gasteiger partial charge on any atom is 0.305 e. The second kappa shape index (κ2) is 11.2. The van der Waals surface area contributed by atoms with Gasteiger partial charge in [-0.05, 0) is 50.6 Å². The number of primary amides is 1. The standard InChI is InChI=1S/C31H37N3O10/c1-5-16(36)44-26-18-12(2)17-14(33-30(42)13-8-6-7-9-13)10-11-15(35)19(17)24(37)20(18)27(39)31(43)22(26)23(34(3)4)25(38)21(28(31)40)29(32)41/h10-13,18,20-23,26,35,43H,5-9H2,1-4H3,(H2,32,41)(H,33,42)/t12-,18+,20?,21?,22+,23-,26-,31-/m0/s1. The number of nitrogens with two attached hydrogens (primary N) is 1. The molecule has 1 aromatic rings. The Labute approximate surface area is 253 Å². The third kappa shape index (κ3) is 4.47. The van der Waals surface area contributed by atoms with Gasteiger partial charge in [0.15, 0.2) is 34.7 Å². The van der Waals surface area contributed by atoms with Crippen LogP contribution < -0.4 is 11.1 Å². The molecule has 13 nitrogen and oxygen atoms in total. The van der Waals surface area contributed by atoms with Crippen LogP contribution in [0.1, 0.15) is 67.8 Å². The van der Waals surface area contributed by atoms with Crippen molar-refractivity contribution < 1.29 is 48.5 Å². The van der Waals surface area contributed by atoms with Gasteiger partial charge in [-0.3, -0.25) is 38.5 Å². The molecule has 236 valence electrons. The van der Waals surface area contributed by atoms with Gasteiger partial charge in [0.05, 0.1) is 23.4 Å². The zero-order valence-corrected chi connectivity index (χ0v) is 25.0. The molecule has 0 radical (unpaired) electrons. The van der Waals surface area contributed by atoms with E-state index in [9.17, 15) is 43.8 Å². The molecule has 0 bridgehead atoms. The summed E-state index contributed by atoms with van der Waals surface area (Å²) in [5.41, 5.74) is 2.47. The first-order valence-electron chi connectivity index (χ1n) is 14.9. The number of rotatable bonds is 6. The molecule has 0 aliphatic heterocycles. The highest BCUT2D eigenvalue weighted by Crippen LogP contribution is 2.56. The van der Waals surface area contributed by atoms with Crippen molar-refractivity contribution in [3.63, 3.8) is 0 Å². The number of phenols is 1. The molecule has 3 saturated carbocycles. The molecule has 5 N–H and O–H groups in total. The van der Waals surface area contributed by atoms with Gasteiger partial charge in [-0.25, -0.2) is 0 Å². The Kier molecular flexibility index (Phi) is 8.00. The first-order chi connectivity index (χ1) is 20.7. The predicted octanol–water partition coefficient (Wildman–Crippen LogP) is 0.488. The number of hydrogen-bond acceptors (Lipinski definition) is 11. The average Bonchev–Trinajstić information content (AvgIpc) is 3.50. The van der Waals surface area contributed by atoms with Gasteiger partial charge >= 0.3 is 5.97 Å². The van der Waals surface area contributed by atoms with Gasteiger partial charge in [0.25, 0.3) is 0 Å². The normalized spacial score (nSPS) is 33.5. The number of carbonyl (C=O) groups is 7. The Bertz CT molecular complexity index is 1480. The van der Waals surface area contributed by atoms with Gasteiger partial charge in [0.2, 0.25) is 11.8 Å². The largest absolute Gasteiger partial charge is 0.507 e. The number of benzene rings is 1. The van der Waals surface area contributed by atoms with E-state index in [0.29, 0.717) is 12.8 Å². The average molecular weight is 612 g/mol. The number of hydrogen-bond donors (Lipinski definition) is 4. The number of likely N-dealkylation sites (N-methyl/N-ethyl adjacent to an activating group) is 1. The number of aliphatic hydroxyl groups is 1. The first kappa shape index (κ1) is 31.5. The van der Waals surface area contributed by atoms with Crippen LogP contribution in [0, 0.1) is 29.6 Å². The number of fused-ring (bicyclic) bond motifs is 3. The number of esters is 1. The van der Waals surface area contributed by atoms with Crippen molar-refractivity contribution in [2.45, 2.75) is 69.6 Å². The van der Waals surface area contributed by atoms with Crippen molar-refractivity contribution >= 4 is 46.6 Å². The highest BCUT2D eigenvalue weighted by atomic mass is 16.5. The molecule has 4 aliphatic carbocycles. The number of ether oxygens (including phenoxy) is 1. The van der Waals surface area contributed by atoms with Crippen LogP contribution in [0.15, 0.2) is 12.1 Å². The molecular weight excluding hydrogens is 574 g/mol. The molecule has 0 heterocycles. The third-order valence-electron chi connectivity index (χ3n) is 9.98. The molecule has 2 amide bonds. The van der Waals surface area contributed by atoms with Gasteiger partial charge in [-0.2, -0.15) is 0 Å². The highest BCUT2D eigenvalue weighted by Gasteiger charge is 2.74. The molecule has 2 unspecified atom stereocenters. The third-order valence-corrected chi connectivity index (χ3v) is 9.98. The molecule has 4 aliphatic rings. The van der Waals surface area contributed by atoms with Crippen molar-refractivity contribution in [2.24, 2.45) is 35.3 Å².